The van der Waals surface area contributed by atoms with Crippen molar-refractivity contribution in [2.75, 3.05) is 0 Å². The smallest absolute Gasteiger partial charge is 0.258 e. The Bertz CT molecular complexity index is 366. The van der Waals surface area contributed by atoms with Crippen LogP contribution in [0.1, 0.15) is 38.2 Å². The van der Waals surface area contributed by atoms with E-state index >= 15 is 0 Å². The van der Waals surface area contributed by atoms with Gasteiger partial charge in [0.15, 0.2) is 0 Å². The molecule has 1 rings (SSSR count). The average molecular weight is 228 g/mol. The minimum atomic E-state index is -0.368. The molecule has 0 aliphatic carbocycles. The van der Waals surface area contributed by atoms with Crippen molar-refractivity contribution in [1.82, 2.24) is 0 Å². The number of benzene rings is 1. The fourth-order valence-corrected chi connectivity index (χ4v) is 1.85. The highest BCUT2D eigenvalue weighted by Crippen LogP contribution is 2.31. The van der Waals surface area contributed by atoms with Crippen molar-refractivity contribution in [3.63, 3.8) is 0 Å². The van der Waals surface area contributed by atoms with Gasteiger partial charge in [-0.15, -0.1) is 0 Å². The summed E-state index contributed by atoms with van der Waals surface area (Å²) in [4.78, 5) is 10.5. The second-order valence-electron chi connectivity index (χ2n) is 3.65. The van der Waals surface area contributed by atoms with Crippen LogP contribution in [0.2, 0.25) is 5.02 Å². The van der Waals surface area contributed by atoms with E-state index in [1.807, 2.05) is 6.92 Å². The molecule has 15 heavy (non-hydrogen) atoms. The van der Waals surface area contributed by atoms with E-state index < -0.39 is 0 Å². The first kappa shape index (κ1) is 12.0. The number of hydrogen-bond donors (Lipinski definition) is 0. The van der Waals surface area contributed by atoms with Crippen LogP contribution in [0.4, 0.5) is 5.69 Å². The summed E-state index contributed by atoms with van der Waals surface area (Å²) >= 11 is 5.74. The molecule has 0 N–H and O–H groups in total. The molecule has 0 aromatic heterocycles. The summed E-state index contributed by atoms with van der Waals surface area (Å²) in [6, 6.07) is 4.87. The third-order valence-electron chi connectivity index (χ3n) is 2.44. The highest BCUT2D eigenvalue weighted by molar-refractivity contribution is 6.30. The predicted molar refractivity (Wildman–Crippen MR) is 61.4 cm³/mol. The second kappa shape index (κ2) is 5.12. The summed E-state index contributed by atoms with van der Waals surface area (Å²) in [7, 11) is 0. The summed E-state index contributed by atoms with van der Waals surface area (Å²) in [5, 5.41) is 11.2. The normalized spacial score (nSPS) is 12.5. The van der Waals surface area contributed by atoms with E-state index in [0.29, 0.717) is 5.02 Å². The Labute approximate surface area is 94.2 Å². The molecule has 0 fully saturated rings. The van der Waals surface area contributed by atoms with E-state index in [9.17, 15) is 10.1 Å². The van der Waals surface area contributed by atoms with Crippen molar-refractivity contribution in [2.45, 2.75) is 32.6 Å². The number of hydrogen-bond acceptors (Lipinski definition) is 2. The predicted octanol–water partition coefficient (Wildman–Crippen LogP) is 4.15. The zero-order valence-corrected chi connectivity index (χ0v) is 9.62. The molecule has 0 aliphatic rings. The summed E-state index contributed by atoms with van der Waals surface area (Å²) in [5.74, 6) is 0.202. The summed E-state index contributed by atoms with van der Waals surface area (Å²) in [5.41, 5.74) is 0.898. The van der Waals surface area contributed by atoms with E-state index in [4.69, 9.17) is 11.6 Å². The first-order valence-corrected chi connectivity index (χ1v) is 5.38. The standard InChI is InChI=1S/C11H14ClNO2/c1-3-4-8(2)10-6-5-9(12)7-11(10)13(14)15/h5-8H,3-4H2,1-2H3. The van der Waals surface area contributed by atoms with Gasteiger partial charge in [-0.05, 0) is 18.4 Å². The molecule has 82 valence electrons. The molecule has 1 atom stereocenters. The first-order chi connectivity index (χ1) is 7.06. The molecule has 0 spiro atoms. The number of nitro benzene ring substituents is 1. The lowest BCUT2D eigenvalue weighted by Crippen LogP contribution is -1.99. The summed E-state index contributed by atoms with van der Waals surface area (Å²) in [6.45, 7) is 4.07. The van der Waals surface area contributed by atoms with Gasteiger partial charge in [0.2, 0.25) is 0 Å². The molecule has 3 nitrogen and oxygen atoms in total. The minimum absolute atomic E-state index is 0.128. The fourth-order valence-electron chi connectivity index (χ4n) is 1.68. The van der Waals surface area contributed by atoms with Gasteiger partial charge in [-0.25, -0.2) is 0 Å². The molecule has 1 aromatic rings. The van der Waals surface area contributed by atoms with Gasteiger partial charge >= 0.3 is 0 Å². The van der Waals surface area contributed by atoms with Gasteiger partial charge in [0.05, 0.1) is 4.92 Å². The van der Waals surface area contributed by atoms with Crippen molar-refractivity contribution in [3.05, 3.63) is 38.9 Å². The number of nitro groups is 1. The van der Waals surface area contributed by atoms with Crippen molar-refractivity contribution in [2.24, 2.45) is 0 Å². The monoisotopic (exact) mass is 227 g/mol. The zero-order chi connectivity index (χ0) is 11.4. The molecule has 0 bridgehead atoms. The van der Waals surface area contributed by atoms with Crippen molar-refractivity contribution in [1.29, 1.82) is 0 Å². The number of halogens is 1. The van der Waals surface area contributed by atoms with Crippen LogP contribution in [-0.4, -0.2) is 4.92 Å². The fraction of sp³-hybridized carbons (Fsp3) is 0.455. The third kappa shape index (κ3) is 2.93. The highest BCUT2D eigenvalue weighted by atomic mass is 35.5. The maximum atomic E-state index is 10.8. The Morgan fingerprint density at radius 3 is 2.73 bits per heavy atom. The molecule has 1 unspecified atom stereocenters. The molecular formula is C11H14ClNO2. The Morgan fingerprint density at radius 1 is 1.53 bits per heavy atom. The van der Waals surface area contributed by atoms with Crippen LogP contribution in [0.5, 0.6) is 0 Å². The van der Waals surface area contributed by atoms with Crippen LogP contribution in [-0.2, 0) is 0 Å². The maximum Gasteiger partial charge on any atom is 0.274 e. The lowest BCUT2D eigenvalue weighted by atomic mass is 9.95. The maximum absolute atomic E-state index is 10.8. The number of rotatable bonds is 4. The molecule has 0 heterocycles. The van der Waals surface area contributed by atoms with Crippen LogP contribution in [0, 0.1) is 10.1 Å². The molecule has 0 amide bonds. The van der Waals surface area contributed by atoms with Gasteiger partial charge in [-0.3, -0.25) is 10.1 Å². The zero-order valence-electron chi connectivity index (χ0n) is 8.87. The first-order valence-electron chi connectivity index (χ1n) is 5.00. The summed E-state index contributed by atoms with van der Waals surface area (Å²) < 4.78 is 0. The van der Waals surface area contributed by atoms with Crippen molar-refractivity contribution >= 4 is 17.3 Å². The van der Waals surface area contributed by atoms with Gasteiger partial charge < -0.3 is 0 Å². The van der Waals surface area contributed by atoms with Gasteiger partial charge in [-0.2, -0.15) is 0 Å². The lowest BCUT2D eigenvalue weighted by Gasteiger charge is -2.10. The Kier molecular flexibility index (Phi) is 4.09. The molecule has 0 saturated carbocycles. The third-order valence-corrected chi connectivity index (χ3v) is 2.68. The molecule has 4 heteroatoms. The molecule has 0 saturated heterocycles. The average Bonchev–Trinajstić information content (AvgIpc) is 2.17. The Hall–Kier alpha value is -1.09. The second-order valence-corrected chi connectivity index (χ2v) is 4.09. The van der Waals surface area contributed by atoms with E-state index in [0.717, 1.165) is 18.4 Å². The van der Waals surface area contributed by atoms with Crippen LogP contribution < -0.4 is 0 Å². The quantitative estimate of drug-likeness (QED) is 0.573. The van der Waals surface area contributed by atoms with Gasteiger partial charge in [-0.1, -0.05) is 37.9 Å². The molecule has 0 radical (unpaired) electrons. The molecule has 1 aromatic carbocycles. The molecular weight excluding hydrogens is 214 g/mol. The van der Waals surface area contributed by atoms with E-state index in [2.05, 4.69) is 6.92 Å². The lowest BCUT2D eigenvalue weighted by molar-refractivity contribution is -0.385. The van der Waals surface area contributed by atoms with Crippen molar-refractivity contribution in [3.8, 4) is 0 Å². The molecule has 0 aliphatic heterocycles. The van der Waals surface area contributed by atoms with E-state index in [-0.39, 0.29) is 16.5 Å². The topological polar surface area (TPSA) is 43.1 Å². The van der Waals surface area contributed by atoms with E-state index in [1.54, 1.807) is 12.1 Å². The number of nitrogens with zero attached hydrogens (tertiary/aromatic N) is 1. The Morgan fingerprint density at radius 2 is 2.20 bits per heavy atom. The Balaban J connectivity index is 3.10. The van der Waals surface area contributed by atoms with E-state index in [1.165, 1.54) is 6.07 Å². The minimum Gasteiger partial charge on any atom is -0.258 e. The van der Waals surface area contributed by atoms with Crippen LogP contribution >= 0.6 is 11.6 Å². The van der Waals surface area contributed by atoms with Gasteiger partial charge in [0.25, 0.3) is 5.69 Å². The highest BCUT2D eigenvalue weighted by Gasteiger charge is 2.18. The van der Waals surface area contributed by atoms with Crippen molar-refractivity contribution < 1.29 is 4.92 Å². The van der Waals surface area contributed by atoms with Crippen LogP contribution in [0.3, 0.4) is 0 Å². The van der Waals surface area contributed by atoms with Crippen LogP contribution in [0.25, 0.3) is 0 Å². The largest absolute Gasteiger partial charge is 0.274 e. The van der Waals surface area contributed by atoms with Gasteiger partial charge in [0, 0.05) is 16.7 Å². The SMILES string of the molecule is CCCC(C)c1ccc(Cl)cc1[N+](=O)[O-]. The summed E-state index contributed by atoms with van der Waals surface area (Å²) in [6.07, 6.45) is 1.96. The van der Waals surface area contributed by atoms with Gasteiger partial charge in [0.1, 0.15) is 0 Å². The van der Waals surface area contributed by atoms with Crippen LogP contribution in [0.15, 0.2) is 18.2 Å².